The van der Waals surface area contributed by atoms with E-state index in [2.05, 4.69) is 0 Å². The zero-order valence-electron chi connectivity index (χ0n) is 4.15. The smallest absolute Gasteiger partial charge is 0.162 e. The van der Waals surface area contributed by atoms with E-state index in [-0.39, 0.29) is 0 Å². The lowest BCUT2D eigenvalue weighted by Gasteiger charge is -1.65. The molecular weight excluding hydrogens is 134 g/mol. The predicted octanol–water partition coefficient (Wildman–Crippen LogP) is 1.55. The molecule has 0 aliphatic rings. The summed E-state index contributed by atoms with van der Waals surface area (Å²) >= 11 is 5.19. The van der Waals surface area contributed by atoms with Crippen LogP contribution in [0.2, 0.25) is 0 Å². The lowest BCUT2D eigenvalue weighted by molar-refractivity contribution is 0.524. The molecule has 0 rings (SSSR count). The molecule has 0 heterocycles. The molecule has 0 aliphatic heterocycles. The van der Waals surface area contributed by atoms with Crippen molar-refractivity contribution >= 4 is 20.3 Å². The second-order valence-electron chi connectivity index (χ2n) is 0.780. The molecule has 0 radical (unpaired) electrons. The Kier molecular flexibility index (Phi) is 24.0. The van der Waals surface area contributed by atoms with Crippen LogP contribution in [-0.2, 0) is 4.57 Å². The normalized spacial score (nSPS) is 7.29. The summed E-state index contributed by atoms with van der Waals surface area (Å²) in [5, 5.41) is 0. The van der Waals surface area contributed by atoms with Crippen LogP contribution in [0.5, 0.6) is 0 Å². The lowest BCUT2D eigenvalue weighted by atomic mass is 10.6. The van der Waals surface area contributed by atoms with E-state index in [4.69, 9.17) is 21.1 Å². The third-order valence-corrected chi connectivity index (χ3v) is 0.567. The van der Waals surface area contributed by atoms with Crippen molar-refractivity contribution in [3.8, 4) is 0 Å². The van der Waals surface area contributed by atoms with Gasteiger partial charge in [0.2, 0.25) is 0 Å². The molecule has 1 unspecified atom stereocenters. The van der Waals surface area contributed by atoms with Crippen molar-refractivity contribution in [3.63, 3.8) is 0 Å². The zero-order chi connectivity index (χ0) is 6.12. The molecular formula is C3H9ClO2P+. The minimum atomic E-state index is -1.17. The van der Waals surface area contributed by atoms with E-state index in [0.29, 0.717) is 0 Å². The van der Waals surface area contributed by atoms with Gasteiger partial charge in [-0.1, -0.05) is 6.92 Å². The Hall–Kier alpha value is 0.350. The third kappa shape index (κ3) is 65.9. The average Bonchev–Trinajstić information content (AvgIpc) is 1.69. The Morgan fingerprint density at radius 2 is 2.00 bits per heavy atom. The van der Waals surface area contributed by atoms with E-state index in [1.165, 1.54) is 0 Å². The molecule has 1 atom stereocenters. The van der Waals surface area contributed by atoms with Gasteiger partial charge in [-0.05, 0) is 11.0 Å². The van der Waals surface area contributed by atoms with Crippen molar-refractivity contribution in [1.29, 1.82) is 0 Å². The molecule has 7 heavy (non-hydrogen) atoms. The van der Waals surface area contributed by atoms with Crippen molar-refractivity contribution in [2.75, 3.05) is 5.88 Å². The van der Waals surface area contributed by atoms with Gasteiger partial charge in [0.05, 0.1) is 0 Å². The molecule has 0 fully saturated rings. The zero-order valence-corrected chi connectivity index (χ0v) is 5.90. The number of alkyl halides is 1. The molecule has 0 aromatic heterocycles. The number of halogens is 1. The van der Waals surface area contributed by atoms with E-state index in [0.717, 1.165) is 12.3 Å². The van der Waals surface area contributed by atoms with Gasteiger partial charge in [-0.25, -0.2) is 0 Å². The van der Waals surface area contributed by atoms with Crippen LogP contribution >= 0.6 is 20.3 Å². The SMILES string of the molecule is CCCCl.O=[PH+]O. The molecule has 0 saturated carbocycles. The second kappa shape index (κ2) is 16.2. The van der Waals surface area contributed by atoms with Gasteiger partial charge in [-0.3, -0.25) is 0 Å². The van der Waals surface area contributed by atoms with Gasteiger partial charge < -0.3 is 0 Å². The fourth-order valence-corrected chi connectivity index (χ4v) is 0. The van der Waals surface area contributed by atoms with Crippen LogP contribution < -0.4 is 0 Å². The Morgan fingerprint density at radius 3 is 2.00 bits per heavy atom. The predicted molar refractivity (Wildman–Crippen MR) is 32.2 cm³/mol. The van der Waals surface area contributed by atoms with Crippen LogP contribution in [0.1, 0.15) is 13.3 Å². The number of hydrogen-bond acceptors (Lipinski definition) is 1. The molecule has 2 nitrogen and oxygen atoms in total. The molecule has 4 heteroatoms. The Bertz CT molecular complexity index is 32.1. The van der Waals surface area contributed by atoms with Gasteiger partial charge in [0.15, 0.2) is 0 Å². The highest BCUT2D eigenvalue weighted by Crippen LogP contribution is 1.75. The first kappa shape index (κ1) is 10.4. The standard InChI is InChI=1S/C3H7Cl.HO2P/c1-2-3-4;1-3-2/h2-3H2,1H3;3H/p+1. The van der Waals surface area contributed by atoms with Gasteiger partial charge in [-0.2, -0.15) is 4.89 Å². The van der Waals surface area contributed by atoms with Crippen molar-refractivity contribution < 1.29 is 9.46 Å². The van der Waals surface area contributed by atoms with E-state index in [1.54, 1.807) is 0 Å². The van der Waals surface area contributed by atoms with Gasteiger partial charge in [0, 0.05) is 5.88 Å². The highest BCUT2D eigenvalue weighted by atomic mass is 35.5. The fraction of sp³-hybridized carbons (Fsp3) is 1.00. The van der Waals surface area contributed by atoms with E-state index in [9.17, 15) is 0 Å². The Morgan fingerprint density at radius 1 is 1.86 bits per heavy atom. The van der Waals surface area contributed by atoms with E-state index < -0.39 is 8.69 Å². The summed E-state index contributed by atoms with van der Waals surface area (Å²) in [5.74, 6) is 0.792. The summed E-state index contributed by atoms with van der Waals surface area (Å²) in [6.45, 7) is 2.05. The van der Waals surface area contributed by atoms with Gasteiger partial charge in [-0.15, -0.1) is 11.6 Å². The summed E-state index contributed by atoms with van der Waals surface area (Å²) in [6.07, 6.45) is 1.08. The molecule has 0 bridgehead atoms. The maximum Gasteiger partial charge on any atom is 0.491 e. The van der Waals surface area contributed by atoms with Gasteiger partial charge in [0.1, 0.15) is 0 Å². The maximum atomic E-state index is 8.51. The topological polar surface area (TPSA) is 37.3 Å². The lowest BCUT2D eigenvalue weighted by Crippen LogP contribution is -1.55. The van der Waals surface area contributed by atoms with E-state index in [1.807, 2.05) is 6.92 Å². The third-order valence-electron chi connectivity index (χ3n) is 0.189. The summed E-state index contributed by atoms with van der Waals surface area (Å²) in [5.41, 5.74) is 0. The van der Waals surface area contributed by atoms with Gasteiger partial charge >= 0.3 is 8.69 Å². The molecule has 44 valence electrons. The second-order valence-corrected chi connectivity index (χ2v) is 1.34. The van der Waals surface area contributed by atoms with Crippen molar-refractivity contribution in [2.45, 2.75) is 13.3 Å². The monoisotopic (exact) mass is 143 g/mol. The quantitative estimate of drug-likeness (QED) is 0.447. The highest BCUT2D eigenvalue weighted by molar-refractivity contribution is 7.16. The average molecular weight is 144 g/mol. The molecule has 0 spiro atoms. The first-order valence-corrected chi connectivity index (χ1v) is 3.29. The number of hydrogen-bond donors (Lipinski definition) is 1. The largest absolute Gasteiger partial charge is 0.491 e. The summed E-state index contributed by atoms with van der Waals surface area (Å²) in [6, 6.07) is 0. The molecule has 0 amide bonds. The van der Waals surface area contributed by atoms with Crippen molar-refractivity contribution in [3.05, 3.63) is 0 Å². The maximum absolute atomic E-state index is 8.51. The molecule has 0 aliphatic carbocycles. The van der Waals surface area contributed by atoms with Crippen LogP contribution in [0.25, 0.3) is 0 Å². The Balaban J connectivity index is 0. The molecule has 0 aromatic carbocycles. The molecule has 1 N–H and O–H groups in total. The summed E-state index contributed by atoms with van der Waals surface area (Å²) < 4.78 is 8.51. The van der Waals surface area contributed by atoms with Gasteiger partial charge in [0.25, 0.3) is 0 Å². The van der Waals surface area contributed by atoms with Crippen molar-refractivity contribution in [1.82, 2.24) is 0 Å². The first-order chi connectivity index (χ1) is 3.33. The number of rotatable bonds is 1. The van der Waals surface area contributed by atoms with Crippen LogP contribution in [0.3, 0.4) is 0 Å². The molecule has 0 saturated heterocycles. The first-order valence-electron chi connectivity index (χ1n) is 1.90. The van der Waals surface area contributed by atoms with Crippen LogP contribution in [0.4, 0.5) is 0 Å². The Labute approximate surface area is 49.8 Å². The van der Waals surface area contributed by atoms with Crippen molar-refractivity contribution in [2.24, 2.45) is 0 Å². The minimum absolute atomic E-state index is 0.792. The fourth-order valence-electron chi connectivity index (χ4n) is 0. The van der Waals surface area contributed by atoms with Crippen LogP contribution in [0.15, 0.2) is 0 Å². The summed E-state index contributed by atoms with van der Waals surface area (Å²) in [4.78, 5) is 7.04. The van der Waals surface area contributed by atoms with Crippen LogP contribution in [-0.4, -0.2) is 10.8 Å². The highest BCUT2D eigenvalue weighted by Gasteiger charge is 1.59. The minimum Gasteiger partial charge on any atom is -0.162 e. The summed E-state index contributed by atoms with van der Waals surface area (Å²) in [7, 11) is -1.17. The van der Waals surface area contributed by atoms with E-state index >= 15 is 0 Å². The molecule has 0 aromatic rings. The van der Waals surface area contributed by atoms with Crippen LogP contribution in [0, 0.1) is 0 Å².